The van der Waals surface area contributed by atoms with Gasteiger partial charge < -0.3 is 10.1 Å². The Labute approximate surface area is 165 Å². The maximum atomic E-state index is 12.6. The Bertz CT molecular complexity index is 935. The number of hydrogen-bond acceptors (Lipinski definition) is 4. The van der Waals surface area contributed by atoms with Gasteiger partial charge in [-0.25, -0.2) is 4.98 Å². The zero-order chi connectivity index (χ0) is 20.1. The van der Waals surface area contributed by atoms with E-state index in [9.17, 15) is 4.79 Å². The van der Waals surface area contributed by atoms with Crippen molar-refractivity contribution in [2.75, 3.05) is 6.61 Å². The van der Waals surface area contributed by atoms with Gasteiger partial charge >= 0.3 is 0 Å². The SMILES string of the molecule is Cc1nc(C(NC(=O)COc2cc(C(C)C)ccc2C)c2ccccc2)n[nH]1. The van der Waals surface area contributed by atoms with E-state index in [1.54, 1.807) is 0 Å². The molecule has 0 aliphatic rings. The molecular formula is C22H26N4O2. The average molecular weight is 378 g/mol. The van der Waals surface area contributed by atoms with E-state index >= 15 is 0 Å². The first-order chi connectivity index (χ1) is 13.4. The number of aromatic amines is 1. The van der Waals surface area contributed by atoms with Crippen LogP contribution in [0.2, 0.25) is 0 Å². The molecule has 3 rings (SSSR count). The van der Waals surface area contributed by atoms with Crippen LogP contribution in [0.4, 0.5) is 0 Å². The largest absolute Gasteiger partial charge is 0.483 e. The van der Waals surface area contributed by atoms with Gasteiger partial charge in [-0.2, -0.15) is 5.10 Å². The standard InChI is InChI=1S/C22H26N4O2/c1-14(2)18-11-10-15(3)19(12-18)28-13-20(27)24-21(17-8-6-5-7-9-17)22-23-16(4)25-26-22/h5-12,14,21H,13H2,1-4H3,(H,24,27)(H,23,25,26). The first-order valence-corrected chi connectivity index (χ1v) is 9.40. The van der Waals surface area contributed by atoms with Crippen molar-refractivity contribution in [1.82, 2.24) is 20.5 Å². The van der Waals surface area contributed by atoms with Crippen molar-refractivity contribution in [3.8, 4) is 5.75 Å². The van der Waals surface area contributed by atoms with Crippen LogP contribution in [0, 0.1) is 13.8 Å². The second-order valence-electron chi connectivity index (χ2n) is 7.16. The summed E-state index contributed by atoms with van der Waals surface area (Å²) in [4.78, 5) is 17.0. The number of benzene rings is 2. The number of nitrogens with one attached hydrogen (secondary N) is 2. The Kier molecular flexibility index (Phi) is 6.09. The van der Waals surface area contributed by atoms with Crippen molar-refractivity contribution < 1.29 is 9.53 Å². The lowest BCUT2D eigenvalue weighted by Gasteiger charge is -2.17. The molecule has 2 N–H and O–H groups in total. The van der Waals surface area contributed by atoms with Crippen molar-refractivity contribution in [1.29, 1.82) is 0 Å². The molecule has 0 fully saturated rings. The Morgan fingerprint density at radius 2 is 1.86 bits per heavy atom. The van der Waals surface area contributed by atoms with Crippen LogP contribution in [0.3, 0.4) is 0 Å². The molecular weight excluding hydrogens is 352 g/mol. The molecule has 1 unspecified atom stereocenters. The minimum atomic E-state index is -0.439. The van der Waals surface area contributed by atoms with Gasteiger partial charge in [0.2, 0.25) is 0 Å². The zero-order valence-electron chi connectivity index (χ0n) is 16.7. The highest BCUT2D eigenvalue weighted by atomic mass is 16.5. The van der Waals surface area contributed by atoms with E-state index < -0.39 is 6.04 Å². The number of carbonyl (C=O) groups excluding carboxylic acids is 1. The van der Waals surface area contributed by atoms with Crippen LogP contribution < -0.4 is 10.1 Å². The van der Waals surface area contributed by atoms with Gasteiger partial charge in [0, 0.05) is 0 Å². The lowest BCUT2D eigenvalue weighted by Crippen LogP contribution is -2.34. The van der Waals surface area contributed by atoms with Crippen LogP contribution >= 0.6 is 0 Å². The number of rotatable bonds is 7. The summed E-state index contributed by atoms with van der Waals surface area (Å²) in [5, 5.41) is 10.0. The third-order valence-corrected chi connectivity index (χ3v) is 4.55. The van der Waals surface area contributed by atoms with Gasteiger partial charge in [-0.15, -0.1) is 0 Å². The second-order valence-corrected chi connectivity index (χ2v) is 7.16. The summed E-state index contributed by atoms with van der Waals surface area (Å²) in [7, 11) is 0. The fraction of sp³-hybridized carbons (Fsp3) is 0.318. The predicted molar refractivity (Wildman–Crippen MR) is 108 cm³/mol. The minimum Gasteiger partial charge on any atom is -0.483 e. The highest BCUT2D eigenvalue weighted by Gasteiger charge is 2.21. The molecule has 0 radical (unpaired) electrons. The highest BCUT2D eigenvalue weighted by molar-refractivity contribution is 5.78. The molecule has 1 aromatic heterocycles. The van der Waals surface area contributed by atoms with Crippen LogP contribution in [0.5, 0.6) is 5.75 Å². The first kappa shape index (κ1) is 19.6. The number of ether oxygens (including phenoxy) is 1. The molecule has 146 valence electrons. The van der Waals surface area contributed by atoms with E-state index in [0.29, 0.717) is 17.6 Å². The van der Waals surface area contributed by atoms with Crippen molar-refractivity contribution >= 4 is 5.91 Å². The van der Waals surface area contributed by atoms with E-state index in [1.807, 2.05) is 56.3 Å². The van der Waals surface area contributed by atoms with E-state index in [4.69, 9.17) is 4.74 Å². The molecule has 0 saturated heterocycles. The minimum absolute atomic E-state index is 0.0743. The third kappa shape index (κ3) is 4.76. The van der Waals surface area contributed by atoms with E-state index in [0.717, 1.165) is 16.9 Å². The summed E-state index contributed by atoms with van der Waals surface area (Å²) in [6.45, 7) is 7.98. The molecule has 28 heavy (non-hydrogen) atoms. The topological polar surface area (TPSA) is 79.9 Å². The Balaban J connectivity index is 1.72. The summed E-state index contributed by atoms with van der Waals surface area (Å²) in [6, 6.07) is 15.3. The maximum absolute atomic E-state index is 12.6. The number of nitrogens with zero attached hydrogens (tertiary/aromatic N) is 2. The lowest BCUT2D eigenvalue weighted by atomic mass is 10.0. The molecule has 3 aromatic rings. The summed E-state index contributed by atoms with van der Waals surface area (Å²) in [6.07, 6.45) is 0. The normalized spacial score (nSPS) is 12.0. The molecule has 6 nitrogen and oxygen atoms in total. The van der Waals surface area contributed by atoms with Crippen LogP contribution in [0.15, 0.2) is 48.5 Å². The number of carbonyl (C=O) groups is 1. The number of hydrogen-bond donors (Lipinski definition) is 2. The van der Waals surface area contributed by atoms with E-state index in [2.05, 4.69) is 40.4 Å². The van der Waals surface area contributed by atoms with Crippen LogP contribution in [-0.4, -0.2) is 27.7 Å². The van der Waals surface area contributed by atoms with Crippen LogP contribution in [-0.2, 0) is 4.79 Å². The third-order valence-electron chi connectivity index (χ3n) is 4.55. The summed E-state index contributed by atoms with van der Waals surface area (Å²) < 4.78 is 5.81. The zero-order valence-corrected chi connectivity index (χ0v) is 16.7. The average Bonchev–Trinajstić information content (AvgIpc) is 3.12. The smallest absolute Gasteiger partial charge is 0.258 e. The van der Waals surface area contributed by atoms with Gasteiger partial charge in [-0.05, 0) is 42.5 Å². The summed E-state index contributed by atoms with van der Waals surface area (Å²) >= 11 is 0. The maximum Gasteiger partial charge on any atom is 0.258 e. The number of aryl methyl sites for hydroxylation is 2. The van der Waals surface area contributed by atoms with Gasteiger partial charge in [-0.3, -0.25) is 9.89 Å². The monoisotopic (exact) mass is 378 g/mol. The predicted octanol–water partition coefficient (Wildman–Crippen LogP) is 3.83. The molecule has 1 heterocycles. The van der Waals surface area contributed by atoms with Gasteiger partial charge in [0.25, 0.3) is 5.91 Å². The Morgan fingerprint density at radius 3 is 2.50 bits per heavy atom. The molecule has 1 atom stereocenters. The highest BCUT2D eigenvalue weighted by Crippen LogP contribution is 2.24. The van der Waals surface area contributed by atoms with Crippen LogP contribution in [0.25, 0.3) is 0 Å². The summed E-state index contributed by atoms with van der Waals surface area (Å²) in [5.41, 5.74) is 3.09. The quantitative estimate of drug-likeness (QED) is 0.655. The van der Waals surface area contributed by atoms with Crippen molar-refractivity contribution in [3.63, 3.8) is 0 Å². The molecule has 1 amide bonds. The molecule has 2 aromatic carbocycles. The number of H-pyrrole nitrogens is 1. The van der Waals surface area contributed by atoms with Crippen molar-refractivity contribution in [2.24, 2.45) is 0 Å². The number of amides is 1. The van der Waals surface area contributed by atoms with Crippen LogP contribution in [0.1, 0.15) is 54.1 Å². The molecule has 0 aliphatic heterocycles. The van der Waals surface area contributed by atoms with Crippen molar-refractivity contribution in [3.05, 3.63) is 76.9 Å². The summed E-state index contributed by atoms with van der Waals surface area (Å²) in [5.74, 6) is 2.11. The molecule has 0 bridgehead atoms. The molecule has 0 spiro atoms. The molecule has 0 saturated carbocycles. The first-order valence-electron chi connectivity index (χ1n) is 9.40. The molecule has 0 aliphatic carbocycles. The van der Waals surface area contributed by atoms with Crippen molar-refractivity contribution in [2.45, 2.75) is 39.7 Å². The molecule has 6 heteroatoms. The Morgan fingerprint density at radius 1 is 1.11 bits per heavy atom. The lowest BCUT2D eigenvalue weighted by molar-refractivity contribution is -0.123. The van der Waals surface area contributed by atoms with Gasteiger partial charge in [-0.1, -0.05) is 56.3 Å². The van der Waals surface area contributed by atoms with E-state index in [1.165, 1.54) is 5.56 Å². The van der Waals surface area contributed by atoms with Gasteiger partial charge in [0.1, 0.15) is 17.6 Å². The van der Waals surface area contributed by atoms with Gasteiger partial charge in [0.05, 0.1) is 0 Å². The van der Waals surface area contributed by atoms with E-state index in [-0.39, 0.29) is 12.5 Å². The van der Waals surface area contributed by atoms with Gasteiger partial charge in [0.15, 0.2) is 12.4 Å². The second kappa shape index (κ2) is 8.69. The fourth-order valence-corrected chi connectivity index (χ4v) is 2.91. The number of aromatic nitrogens is 3. The fourth-order valence-electron chi connectivity index (χ4n) is 2.91. The Hall–Kier alpha value is -3.15.